The van der Waals surface area contributed by atoms with Crippen molar-refractivity contribution in [3.05, 3.63) is 23.8 Å². The molecule has 0 heterocycles. The molecule has 0 amide bonds. The van der Waals surface area contributed by atoms with Crippen LogP contribution >= 0.6 is 0 Å². The minimum Gasteiger partial charge on any atom is -0.487 e. The summed E-state index contributed by atoms with van der Waals surface area (Å²) in [5.74, 6) is 0.799. The van der Waals surface area contributed by atoms with E-state index >= 15 is 0 Å². The first-order valence-corrected chi connectivity index (χ1v) is 5.99. The van der Waals surface area contributed by atoms with Crippen molar-refractivity contribution in [2.75, 3.05) is 7.11 Å². The first-order valence-electron chi connectivity index (χ1n) is 5.99. The second-order valence-corrected chi connectivity index (χ2v) is 4.49. The van der Waals surface area contributed by atoms with Crippen LogP contribution in [0.25, 0.3) is 0 Å². The Kier molecular flexibility index (Phi) is 5.01. The molecule has 1 aromatic rings. The summed E-state index contributed by atoms with van der Waals surface area (Å²) in [5.41, 5.74) is 0.448. The summed E-state index contributed by atoms with van der Waals surface area (Å²) in [6.45, 7) is 7.72. The molecule has 4 nitrogen and oxygen atoms in total. The average molecular weight is 252 g/mol. The van der Waals surface area contributed by atoms with Gasteiger partial charge >= 0.3 is 5.97 Å². The predicted octanol–water partition coefficient (Wildman–Crippen LogP) is 3.05. The summed E-state index contributed by atoms with van der Waals surface area (Å²) in [4.78, 5) is 11.5. The second-order valence-electron chi connectivity index (χ2n) is 4.49. The highest BCUT2D eigenvalue weighted by molar-refractivity contribution is 5.90. The van der Waals surface area contributed by atoms with Gasteiger partial charge in [0, 0.05) is 0 Å². The molecule has 0 radical (unpaired) electrons. The SMILES string of the molecule is COC(=O)c1ccc(OC(C)C)c(OC(C)C)c1. The molecule has 0 saturated carbocycles. The molecule has 1 aromatic carbocycles. The Balaban J connectivity index is 3.07. The van der Waals surface area contributed by atoms with Crippen LogP contribution in [0.4, 0.5) is 0 Å². The lowest BCUT2D eigenvalue weighted by molar-refractivity contribution is 0.0600. The molecular weight excluding hydrogens is 232 g/mol. The molecule has 1 rings (SSSR count). The van der Waals surface area contributed by atoms with E-state index < -0.39 is 0 Å². The summed E-state index contributed by atoms with van der Waals surface area (Å²) < 4.78 is 16.0. The first-order chi connectivity index (χ1) is 8.43. The smallest absolute Gasteiger partial charge is 0.337 e. The maximum atomic E-state index is 11.5. The number of methoxy groups -OCH3 is 1. The zero-order valence-electron chi connectivity index (χ0n) is 11.5. The van der Waals surface area contributed by atoms with Gasteiger partial charge in [0.1, 0.15) is 0 Å². The van der Waals surface area contributed by atoms with Gasteiger partial charge < -0.3 is 14.2 Å². The third-order valence-electron chi connectivity index (χ3n) is 2.09. The van der Waals surface area contributed by atoms with E-state index in [1.807, 2.05) is 27.7 Å². The maximum Gasteiger partial charge on any atom is 0.337 e. The van der Waals surface area contributed by atoms with Crippen LogP contribution in [-0.4, -0.2) is 25.3 Å². The third-order valence-corrected chi connectivity index (χ3v) is 2.09. The standard InChI is InChI=1S/C14H20O4/c1-9(2)17-12-7-6-11(14(15)16-5)8-13(12)18-10(3)4/h6-10H,1-5H3. The van der Waals surface area contributed by atoms with Gasteiger partial charge in [0.25, 0.3) is 0 Å². The van der Waals surface area contributed by atoms with Crippen LogP contribution in [0.2, 0.25) is 0 Å². The lowest BCUT2D eigenvalue weighted by atomic mass is 10.2. The van der Waals surface area contributed by atoms with Crippen molar-refractivity contribution < 1.29 is 19.0 Å². The van der Waals surface area contributed by atoms with Crippen molar-refractivity contribution in [1.29, 1.82) is 0 Å². The summed E-state index contributed by atoms with van der Waals surface area (Å²) >= 11 is 0. The van der Waals surface area contributed by atoms with Crippen LogP contribution < -0.4 is 9.47 Å². The number of hydrogen-bond acceptors (Lipinski definition) is 4. The largest absolute Gasteiger partial charge is 0.487 e. The quantitative estimate of drug-likeness (QED) is 0.755. The molecule has 100 valence electrons. The number of rotatable bonds is 5. The van der Waals surface area contributed by atoms with E-state index in [2.05, 4.69) is 4.74 Å². The van der Waals surface area contributed by atoms with Gasteiger partial charge in [-0.05, 0) is 45.9 Å². The van der Waals surface area contributed by atoms with Gasteiger partial charge in [-0.3, -0.25) is 0 Å². The topological polar surface area (TPSA) is 44.8 Å². The average Bonchev–Trinajstić information content (AvgIpc) is 2.29. The fraction of sp³-hybridized carbons (Fsp3) is 0.500. The van der Waals surface area contributed by atoms with Crippen molar-refractivity contribution in [3.63, 3.8) is 0 Å². The van der Waals surface area contributed by atoms with Crippen molar-refractivity contribution in [3.8, 4) is 11.5 Å². The fourth-order valence-electron chi connectivity index (χ4n) is 1.45. The molecule has 0 unspecified atom stereocenters. The van der Waals surface area contributed by atoms with Crippen molar-refractivity contribution >= 4 is 5.97 Å². The Morgan fingerprint density at radius 1 is 1.00 bits per heavy atom. The Bertz CT molecular complexity index is 410. The molecule has 0 fully saturated rings. The Morgan fingerprint density at radius 3 is 2.06 bits per heavy atom. The van der Waals surface area contributed by atoms with Gasteiger partial charge in [-0.2, -0.15) is 0 Å². The van der Waals surface area contributed by atoms with Gasteiger partial charge in [-0.1, -0.05) is 0 Å². The molecule has 0 N–H and O–H groups in total. The van der Waals surface area contributed by atoms with Crippen LogP contribution in [-0.2, 0) is 4.74 Å². The minimum absolute atomic E-state index is 0.00686. The van der Waals surface area contributed by atoms with Gasteiger partial charge in [0.15, 0.2) is 11.5 Å². The second kappa shape index (κ2) is 6.28. The van der Waals surface area contributed by atoms with Crippen molar-refractivity contribution in [1.82, 2.24) is 0 Å². The zero-order chi connectivity index (χ0) is 13.7. The van der Waals surface area contributed by atoms with E-state index in [1.165, 1.54) is 7.11 Å². The minimum atomic E-state index is -0.389. The maximum absolute atomic E-state index is 11.5. The van der Waals surface area contributed by atoms with E-state index in [9.17, 15) is 4.79 Å². The molecule has 0 spiro atoms. The molecule has 0 bridgehead atoms. The predicted molar refractivity (Wildman–Crippen MR) is 69.3 cm³/mol. The van der Waals surface area contributed by atoms with Gasteiger partial charge in [-0.15, -0.1) is 0 Å². The van der Waals surface area contributed by atoms with Crippen LogP contribution in [0.1, 0.15) is 38.1 Å². The third kappa shape index (κ3) is 3.95. The first kappa shape index (κ1) is 14.4. The fourth-order valence-corrected chi connectivity index (χ4v) is 1.45. The Morgan fingerprint density at radius 2 is 1.56 bits per heavy atom. The highest BCUT2D eigenvalue weighted by atomic mass is 16.5. The number of benzene rings is 1. The summed E-state index contributed by atoms with van der Waals surface area (Å²) in [6, 6.07) is 5.03. The highest BCUT2D eigenvalue weighted by Gasteiger charge is 2.13. The zero-order valence-corrected chi connectivity index (χ0v) is 11.5. The van der Waals surface area contributed by atoms with Crippen LogP contribution in [0.15, 0.2) is 18.2 Å². The molecule has 0 aromatic heterocycles. The van der Waals surface area contributed by atoms with Gasteiger partial charge in [0.05, 0.1) is 24.9 Å². The number of hydrogen-bond donors (Lipinski definition) is 0. The number of esters is 1. The molecule has 18 heavy (non-hydrogen) atoms. The normalized spacial score (nSPS) is 10.6. The lowest BCUT2D eigenvalue weighted by Crippen LogP contribution is -2.12. The van der Waals surface area contributed by atoms with Crippen LogP contribution in [0.5, 0.6) is 11.5 Å². The molecule has 4 heteroatoms. The van der Waals surface area contributed by atoms with Crippen molar-refractivity contribution in [2.24, 2.45) is 0 Å². The summed E-state index contributed by atoms with van der Waals surface area (Å²) in [7, 11) is 1.35. The van der Waals surface area contributed by atoms with E-state index in [1.54, 1.807) is 18.2 Å². The lowest BCUT2D eigenvalue weighted by Gasteiger charge is -2.17. The molecule has 0 aliphatic rings. The summed E-state index contributed by atoms with van der Waals surface area (Å²) in [6.07, 6.45) is 0.0518. The number of ether oxygens (including phenoxy) is 3. The monoisotopic (exact) mass is 252 g/mol. The van der Waals surface area contributed by atoms with E-state index in [0.717, 1.165) is 0 Å². The summed E-state index contributed by atoms with van der Waals surface area (Å²) in [5, 5.41) is 0. The van der Waals surface area contributed by atoms with Crippen molar-refractivity contribution in [2.45, 2.75) is 39.9 Å². The van der Waals surface area contributed by atoms with Gasteiger partial charge in [-0.25, -0.2) is 4.79 Å². The van der Waals surface area contributed by atoms with Crippen LogP contribution in [0, 0.1) is 0 Å². The van der Waals surface area contributed by atoms with E-state index in [4.69, 9.17) is 9.47 Å². The number of carbonyl (C=O) groups excluding carboxylic acids is 1. The molecule has 0 aliphatic carbocycles. The number of carbonyl (C=O) groups is 1. The van der Waals surface area contributed by atoms with Gasteiger partial charge in [0.2, 0.25) is 0 Å². The van der Waals surface area contributed by atoms with E-state index in [-0.39, 0.29) is 18.2 Å². The molecule has 0 atom stereocenters. The Hall–Kier alpha value is -1.71. The highest BCUT2D eigenvalue weighted by Crippen LogP contribution is 2.30. The molecule has 0 aliphatic heterocycles. The molecular formula is C14H20O4. The van der Waals surface area contributed by atoms with Crippen LogP contribution in [0.3, 0.4) is 0 Å². The Labute approximate surface area is 108 Å². The molecule has 0 saturated heterocycles. The van der Waals surface area contributed by atoms with E-state index in [0.29, 0.717) is 17.1 Å².